The van der Waals surface area contributed by atoms with Crippen molar-refractivity contribution in [3.05, 3.63) is 90.0 Å². The van der Waals surface area contributed by atoms with Crippen LogP contribution in [0.25, 0.3) is 11.1 Å². The second-order valence-corrected chi connectivity index (χ2v) is 5.88. The third-order valence-electron chi connectivity index (χ3n) is 3.98. The van der Waals surface area contributed by atoms with E-state index in [-0.39, 0.29) is 5.78 Å². The first-order chi connectivity index (χ1) is 11.6. The number of rotatable bonds is 5. The van der Waals surface area contributed by atoms with E-state index in [1.807, 2.05) is 73.7 Å². The van der Waals surface area contributed by atoms with Gasteiger partial charge in [0.1, 0.15) is 5.75 Å². The first-order valence-corrected chi connectivity index (χ1v) is 8.06. The first-order valence-electron chi connectivity index (χ1n) is 8.06. The van der Waals surface area contributed by atoms with E-state index in [4.69, 9.17) is 4.74 Å². The SMILES string of the molecule is Cc1ccc(C(=O)[C@H](C)Oc2ccc(-c3ccccc3)cc2)cc1. The third-order valence-corrected chi connectivity index (χ3v) is 3.98. The summed E-state index contributed by atoms with van der Waals surface area (Å²) in [7, 11) is 0. The number of carbonyl (C=O) groups excluding carboxylic acids is 1. The van der Waals surface area contributed by atoms with E-state index in [2.05, 4.69) is 12.1 Å². The lowest BCUT2D eigenvalue weighted by molar-refractivity contribution is 0.0818. The molecule has 2 nitrogen and oxygen atoms in total. The Labute approximate surface area is 142 Å². The summed E-state index contributed by atoms with van der Waals surface area (Å²) < 4.78 is 5.80. The van der Waals surface area contributed by atoms with Gasteiger partial charge in [0.25, 0.3) is 0 Å². The molecule has 0 amide bonds. The van der Waals surface area contributed by atoms with Crippen molar-refractivity contribution in [2.24, 2.45) is 0 Å². The van der Waals surface area contributed by atoms with Crippen LogP contribution < -0.4 is 4.74 Å². The lowest BCUT2D eigenvalue weighted by Crippen LogP contribution is -2.23. The molecular weight excluding hydrogens is 296 g/mol. The molecule has 0 fully saturated rings. The maximum atomic E-state index is 12.4. The Bertz CT molecular complexity index is 803. The summed E-state index contributed by atoms with van der Waals surface area (Å²) in [5, 5.41) is 0. The maximum Gasteiger partial charge on any atom is 0.202 e. The van der Waals surface area contributed by atoms with Gasteiger partial charge in [0.05, 0.1) is 0 Å². The zero-order chi connectivity index (χ0) is 16.9. The van der Waals surface area contributed by atoms with Gasteiger partial charge in [0.15, 0.2) is 6.10 Å². The molecule has 0 radical (unpaired) electrons. The van der Waals surface area contributed by atoms with Crippen LogP contribution in [0.15, 0.2) is 78.9 Å². The summed E-state index contributed by atoms with van der Waals surface area (Å²) in [5.74, 6) is 0.685. The Morgan fingerprint density at radius 3 is 2.00 bits per heavy atom. The molecule has 0 aliphatic rings. The predicted octanol–water partition coefficient (Wildman–Crippen LogP) is 5.31. The van der Waals surface area contributed by atoms with Gasteiger partial charge in [-0.1, -0.05) is 72.3 Å². The monoisotopic (exact) mass is 316 g/mol. The van der Waals surface area contributed by atoms with Crippen molar-refractivity contribution in [2.45, 2.75) is 20.0 Å². The normalized spacial score (nSPS) is 11.8. The molecule has 3 rings (SSSR count). The fraction of sp³-hybridized carbons (Fsp3) is 0.136. The zero-order valence-corrected chi connectivity index (χ0v) is 13.9. The fourth-order valence-electron chi connectivity index (χ4n) is 2.57. The second-order valence-electron chi connectivity index (χ2n) is 5.88. The van der Waals surface area contributed by atoms with Gasteiger partial charge >= 0.3 is 0 Å². The van der Waals surface area contributed by atoms with Crippen LogP contribution in [0, 0.1) is 6.92 Å². The highest BCUT2D eigenvalue weighted by Crippen LogP contribution is 2.23. The number of Topliss-reactive ketones (excluding diaryl/α,β-unsaturated/α-hetero) is 1. The van der Waals surface area contributed by atoms with Crippen LogP contribution in [0.3, 0.4) is 0 Å². The molecule has 120 valence electrons. The molecule has 0 N–H and O–H groups in total. The van der Waals surface area contributed by atoms with Crippen LogP contribution >= 0.6 is 0 Å². The molecule has 0 spiro atoms. The number of carbonyl (C=O) groups is 1. The van der Waals surface area contributed by atoms with Crippen molar-refractivity contribution in [3.8, 4) is 16.9 Å². The van der Waals surface area contributed by atoms with E-state index >= 15 is 0 Å². The van der Waals surface area contributed by atoms with Crippen LogP contribution in [0.5, 0.6) is 5.75 Å². The second kappa shape index (κ2) is 7.14. The Kier molecular flexibility index (Phi) is 4.76. The molecule has 2 heteroatoms. The minimum atomic E-state index is -0.518. The number of ketones is 1. The van der Waals surface area contributed by atoms with E-state index in [0.29, 0.717) is 11.3 Å². The molecular formula is C22H20O2. The van der Waals surface area contributed by atoms with Gasteiger partial charge < -0.3 is 4.74 Å². The predicted molar refractivity (Wildman–Crippen MR) is 97.5 cm³/mol. The van der Waals surface area contributed by atoms with E-state index in [1.165, 1.54) is 0 Å². The van der Waals surface area contributed by atoms with E-state index in [1.54, 1.807) is 6.92 Å². The van der Waals surface area contributed by atoms with E-state index in [0.717, 1.165) is 16.7 Å². The quantitative estimate of drug-likeness (QED) is 0.596. The van der Waals surface area contributed by atoms with E-state index in [9.17, 15) is 4.79 Å². The molecule has 0 aromatic heterocycles. The number of hydrogen-bond acceptors (Lipinski definition) is 2. The standard InChI is InChI=1S/C22H20O2/c1-16-8-10-20(11-9-16)22(23)17(2)24-21-14-12-19(13-15-21)18-6-4-3-5-7-18/h3-15,17H,1-2H3/t17-/m0/s1. The summed E-state index contributed by atoms with van der Waals surface area (Å²) >= 11 is 0. The molecule has 3 aromatic rings. The molecule has 3 aromatic carbocycles. The van der Waals surface area contributed by atoms with Crippen molar-refractivity contribution in [1.82, 2.24) is 0 Å². The number of hydrogen-bond donors (Lipinski definition) is 0. The largest absolute Gasteiger partial charge is 0.483 e. The van der Waals surface area contributed by atoms with Crippen molar-refractivity contribution < 1.29 is 9.53 Å². The molecule has 0 bridgehead atoms. The Morgan fingerprint density at radius 2 is 1.38 bits per heavy atom. The van der Waals surface area contributed by atoms with Crippen molar-refractivity contribution >= 4 is 5.78 Å². The summed E-state index contributed by atoms with van der Waals surface area (Å²) in [6.45, 7) is 3.79. The Balaban J connectivity index is 1.69. The molecule has 0 aliphatic heterocycles. The topological polar surface area (TPSA) is 26.3 Å². The molecule has 1 atom stereocenters. The minimum Gasteiger partial charge on any atom is -0.483 e. The van der Waals surface area contributed by atoms with Crippen molar-refractivity contribution in [1.29, 1.82) is 0 Å². The zero-order valence-electron chi connectivity index (χ0n) is 13.9. The summed E-state index contributed by atoms with van der Waals surface area (Å²) in [4.78, 5) is 12.4. The molecule has 0 saturated heterocycles. The van der Waals surface area contributed by atoms with Gasteiger partial charge in [0, 0.05) is 5.56 Å². The van der Waals surface area contributed by atoms with Gasteiger partial charge in [-0.05, 0) is 37.1 Å². The van der Waals surface area contributed by atoms with E-state index < -0.39 is 6.10 Å². The van der Waals surface area contributed by atoms with Crippen molar-refractivity contribution in [3.63, 3.8) is 0 Å². The summed E-state index contributed by atoms with van der Waals surface area (Å²) in [5.41, 5.74) is 4.10. The summed E-state index contributed by atoms with van der Waals surface area (Å²) in [6.07, 6.45) is -0.518. The summed E-state index contributed by atoms with van der Waals surface area (Å²) in [6, 6.07) is 25.6. The highest BCUT2D eigenvalue weighted by Gasteiger charge is 2.16. The van der Waals surface area contributed by atoms with Gasteiger partial charge in [0.2, 0.25) is 5.78 Å². The molecule has 0 unspecified atom stereocenters. The molecule has 0 saturated carbocycles. The molecule has 24 heavy (non-hydrogen) atoms. The highest BCUT2D eigenvalue weighted by molar-refractivity contribution is 5.99. The Hall–Kier alpha value is -2.87. The highest BCUT2D eigenvalue weighted by atomic mass is 16.5. The van der Waals surface area contributed by atoms with Crippen LogP contribution in [0.1, 0.15) is 22.8 Å². The van der Waals surface area contributed by atoms with Gasteiger partial charge in [-0.25, -0.2) is 0 Å². The minimum absolute atomic E-state index is 0.0119. The van der Waals surface area contributed by atoms with Gasteiger partial charge in [-0.3, -0.25) is 4.79 Å². The van der Waals surface area contributed by atoms with Crippen LogP contribution in [-0.2, 0) is 0 Å². The third kappa shape index (κ3) is 3.72. The molecule has 0 heterocycles. The van der Waals surface area contributed by atoms with Gasteiger partial charge in [-0.2, -0.15) is 0 Å². The van der Waals surface area contributed by atoms with Crippen LogP contribution in [-0.4, -0.2) is 11.9 Å². The van der Waals surface area contributed by atoms with Crippen LogP contribution in [0.2, 0.25) is 0 Å². The lowest BCUT2D eigenvalue weighted by Gasteiger charge is -2.14. The van der Waals surface area contributed by atoms with Crippen LogP contribution in [0.4, 0.5) is 0 Å². The van der Waals surface area contributed by atoms with Crippen molar-refractivity contribution in [2.75, 3.05) is 0 Å². The van der Waals surface area contributed by atoms with Gasteiger partial charge in [-0.15, -0.1) is 0 Å². The fourth-order valence-corrected chi connectivity index (χ4v) is 2.57. The smallest absolute Gasteiger partial charge is 0.202 e. The lowest BCUT2D eigenvalue weighted by atomic mass is 10.0. The maximum absolute atomic E-state index is 12.4. The Morgan fingerprint density at radius 1 is 0.792 bits per heavy atom. The first kappa shape index (κ1) is 16.0. The average Bonchev–Trinajstić information content (AvgIpc) is 2.63. The number of ether oxygens (including phenoxy) is 1. The number of benzene rings is 3. The average molecular weight is 316 g/mol. The number of aryl methyl sites for hydroxylation is 1. The molecule has 0 aliphatic carbocycles.